The zero-order chi connectivity index (χ0) is 19.0. The summed E-state index contributed by atoms with van der Waals surface area (Å²) in [5.74, 6) is 3.76. The van der Waals surface area contributed by atoms with Crippen LogP contribution in [0.1, 0.15) is 29.2 Å². The molecule has 2 aromatic carbocycles. The van der Waals surface area contributed by atoms with Gasteiger partial charge in [-0.1, -0.05) is 54.3 Å². The minimum absolute atomic E-state index is 0.0831. The zero-order valence-corrected chi connectivity index (χ0v) is 13.9. The SMILES string of the molecule is NCCC(OC(=O)C(F)(F)F)c1cccc(C#CCc2ccccc2)c1. The first-order chi connectivity index (χ1) is 12.4. The molecule has 0 fully saturated rings. The topological polar surface area (TPSA) is 52.3 Å². The normalized spacial score (nSPS) is 12.0. The smallest absolute Gasteiger partial charge is 0.451 e. The molecule has 0 aliphatic heterocycles. The molecule has 3 nitrogen and oxygen atoms in total. The Morgan fingerprint density at radius 2 is 1.85 bits per heavy atom. The molecule has 0 heterocycles. The van der Waals surface area contributed by atoms with E-state index in [2.05, 4.69) is 16.6 Å². The summed E-state index contributed by atoms with van der Waals surface area (Å²) < 4.78 is 41.9. The molecule has 0 aliphatic rings. The zero-order valence-electron chi connectivity index (χ0n) is 13.9. The number of carbonyl (C=O) groups excluding carboxylic acids is 1. The Kier molecular flexibility index (Phi) is 6.81. The van der Waals surface area contributed by atoms with Crippen molar-refractivity contribution in [2.24, 2.45) is 5.73 Å². The van der Waals surface area contributed by atoms with Crippen LogP contribution in [0.15, 0.2) is 54.6 Å². The fourth-order valence-electron chi connectivity index (χ4n) is 2.30. The van der Waals surface area contributed by atoms with Gasteiger partial charge in [-0.3, -0.25) is 0 Å². The van der Waals surface area contributed by atoms with Crippen LogP contribution in [0.3, 0.4) is 0 Å². The number of nitrogens with two attached hydrogens (primary N) is 1. The minimum atomic E-state index is -5.04. The fourth-order valence-corrected chi connectivity index (χ4v) is 2.30. The maximum absolute atomic E-state index is 12.4. The van der Waals surface area contributed by atoms with E-state index in [1.807, 2.05) is 30.3 Å². The summed E-state index contributed by atoms with van der Waals surface area (Å²) >= 11 is 0. The van der Waals surface area contributed by atoms with Gasteiger partial charge in [-0.15, -0.1) is 0 Å². The summed E-state index contributed by atoms with van der Waals surface area (Å²) in [6.07, 6.45) is -5.46. The maximum Gasteiger partial charge on any atom is 0.490 e. The predicted molar refractivity (Wildman–Crippen MR) is 92.0 cm³/mol. The summed E-state index contributed by atoms with van der Waals surface area (Å²) in [4.78, 5) is 11.1. The standard InChI is InChI=1S/C20H18F3NO2/c21-20(22,23)19(25)26-18(12-13-24)17-11-5-10-16(14-17)9-4-8-15-6-2-1-3-7-15/h1-3,5-7,10-11,14,18H,8,12-13,24H2. The average Bonchev–Trinajstić information content (AvgIpc) is 2.61. The summed E-state index contributed by atoms with van der Waals surface area (Å²) in [6, 6.07) is 16.3. The van der Waals surface area contributed by atoms with Crippen LogP contribution < -0.4 is 5.73 Å². The number of ether oxygens (including phenoxy) is 1. The molecule has 0 bridgehead atoms. The van der Waals surface area contributed by atoms with Crippen LogP contribution in [0.4, 0.5) is 13.2 Å². The third-order valence-corrected chi connectivity index (χ3v) is 3.54. The lowest BCUT2D eigenvalue weighted by molar-refractivity contribution is -0.205. The molecule has 0 spiro atoms. The van der Waals surface area contributed by atoms with Crippen molar-refractivity contribution in [3.05, 3.63) is 71.3 Å². The van der Waals surface area contributed by atoms with Gasteiger partial charge in [-0.25, -0.2) is 4.79 Å². The van der Waals surface area contributed by atoms with Gasteiger partial charge in [0.05, 0.1) is 0 Å². The second-order valence-electron chi connectivity index (χ2n) is 5.56. The minimum Gasteiger partial charge on any atom is -0.451 e. The van der Waals surface area contributed by atoms with Crippen LogP contribution in [0.25, 0.3) is 0 Å². The van der Waals surface area contributed by atoms with Crippen molar-refractivity contribution in [3.63, 3.8) is 0 Å². The number of halogens is 3. The average molecular weight is 361 g/mol. The fraction of sp³-hybridized carbons (Fsp3) is 0.250. The molecule has 2 rings (SSSR count). The molecule has 1 unspecified atom stereocenters. The van der Waals surface area contributed by atoms with Gasteiger partial charge in [0.2, 0.25) is 0 Å². The largest absolute Gasteiger partial charge is 0.490 e. The number of hydrogen-bond acceptors (Lipinski definition) is 3. The molecule has 0 amide bonds. The van der Waals surface area contributed by atoms with E-state index >= 15 is 0 Å². The van der Waals surface area contributed by atoms with Gasteiger partial charge in [0.15, 0.2) is 0 Å². The Morgan fingerprint density at radius 3 is 2.50 bits per heavy atom. The van der Waals surface area contributed by atoms with E-state index in [-0.39, 0.29) is 13.0 Å². The van der Waals surface area contributed by atoms with Crippen molar-refractivity contribution in [2.45, 2.75) is 25.1 Å². The van der Waals surface area contributed by atoms with Crippen molar-refractivity contribution in [1.82, 2.24) is 0 Å². The Bertz CT molecular complexity index is 792. The lowest BCUT2D eigenvalue weighted by atomic mass is 10.0. The van der Waals surface area contributed by atoms with Crippen LogP contribution in [0.2, 0.25) is 0 Å². The van der Waals surface area contributed by atoms with Gasteiger partial charge in [0.1, 0.15) is 6.10 Å². The summed E-state index contributed by atoms with van der Waals surface area (Å²) in [5.41, 5.74) is 7.56. The first-order valence-corrected chi connectivity index (χ1v) is 8.01. The molecule has 0 aliphatic carbocycles. The van der Waals surface area contributed by atoms with Gasteiger partial charge in [0, 0.05) is 18.4 Å². The first-order valence-electron chi connectivity index (χ1n) is 8.01. The lowest BCUT2D eigenvalue weighted by Crippen LogP contribution is -2.28. The number of rotatable bonds is 5. The van der Waals surface area contributed by atoms with Crippen LogP contribution >= 0.6 is 0 Å². The summed E-state index contributed by atoms with van der Waals surface area (Å²) in [7, 11) is 0. The van der Waals surface area contributed by atoms with Crippen molar-refractivity contribution >= 4 is 5.97 Å². The number of carbonyl (C=O) groups is 1. The first kappa shape index (κ1) is 19.5. The van der Waals surface area contributed by atoms with E-state index in [0.29, 0.717) is 17.5 Å². The van der Waals surface area contributed by atoms with Crippen LogP contribution in [-0.4, -0.2) is 18.7 Å². The van der Waals surface area contributed by atoms with E-state index < -0.39 is 18.2 Å². The molecule has 6 heteroatoms. The Hall–Kier alpha value is -2.78. The second kappa shape index (κ2) is 9.07. The maximum atomic E-state index is 12.4. The molecule has 0 radical (unpaired) electrons. The highest BCUT2D eigenvalue weighted by Crippen LogP contribution is 2.26. The van der Waals surface area contributed by atoms with Crippen molar-refractivity contribution < 1.29 is 22.7 Å². The number of alkyl halides is 3. The molecule has 2 N–H and O–H groups in total. The van der Waals surface area contributed by atoms with E-state index in [4.69, 9.17) is 5.73 Å². The highest BCUT2D eigenvalue weighted by molar-refractivity contribution is 5.75. The summed E-state index contributed by atoms with van der Waals surface area (Å²) in [5, 5.41) is 0. The molecule has 136 valence electrons. The highest BCUT2D eigenvalue weighted by Gasteiger charge is 2.42. The molecule has 2 aromatic rings. The third kappa shape index (κ3) is 5.94. The van der Waals surface area contributed by atoms with E-state index in [0.717, 1.165) is 5.56 Å². The molecule has 0 saturated carbocycles. The van der Waals surface area contributed by atoms with E-state index in [1.165, 1.54) is 0 Å². The van der Waals surface area contributed by atoms with Crippen LogP contribution in [0, 0.1) is 11.8 Å². The van der Waals surface area contributed by atoms with Crippen molar-refractivity contribution in [2.75, 3.05) is 6.54 Å². The number of benzene rings is 2. The monoisotopic (exact) mass is 361 g/mol. The van der Waals surface area contributed by atoms with Gasteiger partial charge in [0.25, 0.3) is 0 Å². The highest BCUT2D eigenvalue weighted by atomic mass is 19.4. The van der Waals surface area contributed by atoms with E-state index in [1.54, 1.807) is 24.3 Å². The van der Waals surface area contributed by atoms with Gasteiger partial charge >= 0.3 is 12.1 Å². The lowest BCUT2D eigenvalue weighted by Gasteiger charge is -2.18. The van der Waals surface area contributed by atoms with Crippen molar-refractivity contribution in [3.8, 4) is 11.8 Å². The van der Waals surface area contributed by atoms with E-state index in [9.17, 15) is 18.0 Å². The quantitative estimate of drug-likeness (QED) is 0.651. The molecular weight excluding hydrogens is 343 g/mol. The third-order valence-electron chi connectivity index (χ3n) is 3.54. The van der Waals surface area contributed by atoms with Gasteiger partial charge < -0.3 is 10.5 Å². The van der Waals surface area contributed by atoms with Gasteiger partial charge in [-0.05, 0) is 29.8 Å². The Morgan fingerprint density at radius 1 is 1.12 bits per heavy atom. The Labute approximate surface area is 150 Å². The number of hydrogen-bond donors (Lipinski definition) is 1. The molecular formula is C20H18F3NO2. The second-order valence-corrected chi connectivity index (χ2v) is 5.56. The molecule has 0 saturated heterocycles. The molecule has 1 atom stereocenters. The molecule has 26 heavy (non-hydrogen) atoms. The van der Waals surface area contributed by atoms with Crippen LogP contribution in [-0.2, 0) is 16.0 Å². The summed E-state index contributed by atoms with van der Waals surface area (Å²) in [6.45, 7) is 0.0831. The Balaban J connectivity index is 2.13. The van der Waals surface area contributed by atoms with Gasteiger partial charge in [-0.2, -0.15) is 13.2 Å². The molecule has 0 aromatic heterocycles. The van der Waals surface area contributed by atoms with Crippen LogP contribution in [0.5, 0.6) is 0 Å². The predicted octanol–water partition coefficient (Wildman–Crippen LogP) is 3.78. The number of esters is 1. The van der Waals surface area contributed by atoms with Crippen molar-refractivity contribution in [1.29, 1.82) is 0 Å².